The fourth-order valence-corrected chi connectivity index (χ4v) is 8.55. The zero-order valence-electron chi connectivity index (χ0n) is 43.1. The molecule has 0 aliphatic rings. The summed E-state index contributed by atoms with van der Waals surface area (Å²) in [6.45, 7) is 15.6. The Bertz CT molecular complexity index is 943. The van der Waals surface area contributed by atoms with Crippen molar-refractivity contribution in [3.63, 3.8) is 0 Å². The summed E-state index contributed by atoms with van der Waals surface area (Å²) >= 11 is 0. The molecule has 3 amide bonds. The van der Waals surface area contributed by atoms with Crippen LogP contribution in [-0.2, 0) is 14.4 Å². The standard InChI is InChI=1S/C54H111N7O3/c1-4-7-10-13-16-19-22-25-28-31-34-41-57-52(62)37-46-60(47-38-53(63)58-42-35-32-29-26-23-20-17-14-11-8-5-2)50-44-56-45-51-61(49-40-55)48-39-54(64)59-43-36-33-30-27-24-21-18-15-12-9-6-3/h56H,4-51,55H2,1-3H3,(H,57,62)(H,58,63)(H,59,64). The summed E-state index contributed by atoms with van der Waals surface area (Å²) < 4.78 is 0. The van der Waals surface area contributed by atoms with Gasteiger partial charge in [-0.2, -0.15) is 0 Å². The van der Waals surface area contributed by atoms with E-state index in [0.29, 0.717) is 45.4 Å². The number of amides is 3. The van der Waals surface area contributed by atoms with Gasteiger partial charge >= 0.3 is 0 Å². The van der Waals surface area contributed by atoms with Crippen molar-refractivity contribution in [1.29, 1.82) is 0 Å². The topological polar surface area (TPSA) is 132 Å². The van der Waals surface area contributed by atoms with Gasteiger partial charge in [-0.05, 0) is 19.3 Å². The minimum absolute atomic E-state index is 0.103. The number of hydrogen-bond acceptors (Lipinski definition) is 7. The Morgan fingerprint density at radius 1 is 0.312 bits per heavy atom. The molecule has 0 fully saturated rings. The highest BCUT2D eigenvalue weighted by Crippen LogP contribution is 2.13. The molecule has 10 nitrogen and oxygen atoms in total. The molecule has 0 heterocycles. The van der Waals surface area contributed by atoms with Crippen molar-refractivity contribution in [3.05, 3.63) is 0 Å². The van der Waals surface area contributed by atoms with Gasteiger partial charge in [0.15, 0.2) is 0 Å². The van der Waals surface area contributed by atoms with Gasteiger partial charge in [0.25, 0.3) is 0 Å². The SMILES string of the molecule is CCCCCCCCCCCCCNC(=O)CCN(CCN)CCNCCN(CCC(=O)NCCCCCCCCCCCCC)CCC(=O)NCCCCCCCCCCCCC. The lowest BCUT2D eigenvalue weighted by Crippen LogP contribution is -2.41. The highest BCUT2D eigenvalue weighted by atomic mass is 16.2. The molecule has 0 saturated heterocycles. The number of rotatable bonds is 53. The van der Waals surface area contributed by atoms with Gasteiger partial charge in [-0.15, -0.1) is 0 Å². The van der Waals surface area contributed by atoms with Crippen molar-refractivity contribution in [2.24, 2.45) is 5.73 Å². The van der Waals surface area contributed by atoms with Gasteiger partial charge in [0.05, 0.1) is 0 Å². The minimum Gasteiger partial charge on any atom is -0.356 e. The predicted octanol–water partition coefficient (Wildman–Crippen LogP) is 11.6. The summed E-state index contributed by atoms with van der Waals surface area (Å²) in [4.78, 5) is 42.7. The first-order chi connectivity index (χ1) is 31.5. The molecule has 0 bridgehead atoms. The third-order valence-corrected chi connectivity index (χ3v) is 12.9. The molecule has 0 radical (unpaired) electrons. The molecule has 0 aromatic carbocycles. The highest BCUT2D eigenvalue weighted by Gasteiger charge is 2.12. The van der Waals surface area contributed by atoms with Crippen LogP contribution in [0.1, 0.15) is 252 Å². The predicted molar refractivity (Wildman–Crippen MR) is 277 cm³/mol. The average Bonchev–Trinajstić information content (AvgIpc) is 3.29. The van der Waals surface area contributed by atoms with Crippen LogP contribution in [0.3, 0.4) is 0 Å². The summed E-state index contributed by atoms with van der Waals surface area (Å²) in [5, 5.41) is 13.0. The molecule has 380 valence electrons. The fraction of sp³-hybridized carbons (Fsp3) is 0.944. The number of nitrogens with two attached hydrogens (primary N) is 1. The maximum Gasteiger partial charge on any atom is 0.221 e. The van der Waals surface area contributed by atoms with Crippen LogP contribution >= 0.6 is 0 Å². The lowest BCUT2D eigenvalue weighted by Gasteiger charge is -2.24. The monoisotopic (exact) mass is 906 g/mol. The van der Waals surface area contributed by atoms with E-state index in [1.165, 1.54) is 193 Å². The van der Waals surface area contributed by atoms with E-state index in [4.69, 9.17) is 5.73 Å². The van der Waals surface area contributed by atoms with E-state index in [0.717, 1.165) is 71.6 Å². The molecule has 0 aromatic heterocycles. The molecule has 0 spiro atoms. The Kier molecular flexibility index (Phi) is 50.8. The molecule has 0 aliphatic heterocycles. The normalized spacial score (nSPS) is 11.5. The van der Waals surface area contributed by atoms with Gasteiger partial charge < -0.3 is 36.8 Å². The molecule has 6 N–H and O–H groups in total. The van der Waals surface area contributed by atoms with E-state index in [1.807, 2.05) is 0 Å². The second-order valence-corrected chi connectivity index (χ2v) is 19.1. The Labute approximate surface area is 398 Å². The molecule has 0 aliphatic carbocycles. The number of nitrogens with one attached hydrogen (secondary N) is 4. The molecule has 0 saturated carbocycles. The van der Waals surface area contributed by atoms with E-state index < -0.39 is 0 Å². The molecule has 0 atom stereocenters. The van der Waals surface area contributed by atoms with Crippen molar-refractivity contribution < 1.29 is 14.4 Å². The lowest BCUT2D eigenvalue weighted by atomic mass is 10.1. The Morgan fingerprint density at radius 2 is 0.547 bits per heavy atom. The first-order valence-electron chi connectivity index (χ1n) is 28.1. The fourth-order valence-electron chi connectivity index (χ4n) is 8.55. The van der Waals surface area contributed by atoms with E-state index in [1.54, 1.807) is 0 Å². The maximum atomic E-state index is 12.8. The van der Waals surface area contributed by atoms with Crippen LogP contribution in [0.4, 0.5) is 0 Å². The van der Waals surface area contributed by atoms with Crippen molar-refractivity contribution in [3.8, 4) is 0 Å². The van der Waals surface area contributed by atoms with Crippen molar-refractivity contribution in [2.75, 3.05) is 78.5 Å². The molecular weight excluding hydrogens is 795 g/mol. The summed E-state index contributed by atoms with van der Waals surface area (Å²) in [6.07, 6.45) is 44.4. The average molecular weight is 907 g/mol. The van der Waals surface area contributed by atoms with Crippen LogP contribution in [0.5, 0.6) is 0 Å². The van der Waals surface area contributed by atoms with Gasteiger partial charge in [-0.1, -0.05) is 213 Å². The molecule has 64 heavy (non-hydrogen) atoms. The Morgan fingerprint density at radius 3 is 0.797 bits per heavy atom. The Hall–Kier alpha value is -1.75. The summed E-state index contributed by atoms with van der Waals surface area (Å²) in [5.74, 6) is 0.334. The summed E-state index contributed by atoms with van der Waals surface area (Å²) in [5.41, 5.74) is 5.94. The van der Waals surface area contributed by atoms with Crippen LogP contribution in [0.15, 0.2) is 0 Å². The van der Waals surface area contributed by atoms with Gasteiger partial charge in [0.2, 0.25) is 17.7 Å². The van der Waals surface area contributed by atoms with Gasteiger partial charge in [-0.25, -0.2) is 0 Å². The van der Waals surface area contributed by atoms with E-state index in [2.05, 4.69) is 51.8 Å². The quantitative estimate of drug-likeness (QED) is 0.0384. The summed E-state index contributed by atoms with van der Waals surface area (Å²) in [6, 6.07) is 0. The molecular formula is C54H111N7O3. The van der Waals surface area contributed by atoms with Crippen LogP contribution in [0, 0.1) is 0 Å². The van der Waals surface area contributed by atoms with E-state index in [-0.39, 0.29) is 17.7 Å². The van der Waals surface area contributed by atoms with Crippen LogP contribution < -0.4 is 27.0 Å². The third kappa shape index (κ3) is 48.2. The Balaban J connectivity index is 4.49. The minimum atomic E-state index is 0.103. The second kappa shape index (κ2) is 52.2. The number of hydrogen-bond donors (Lipinski definition) is 5. The smallest absolute Gasteiger partial charge is 0.221 e. The second-order valence-electron chi connectivity index (χ2n) is 19.1. The van der Waals surface area contributed by atoms with Crippen molar-refractivity contribution in [1.82, 2.24) is 31.1 Å². The van der Waals surface area contributed by atoms with Crippen molar-refractivity contribution >= 4 is 17.7 Å². The van der Waals surface area contributed by atoms with Crippen LogP contribution in [0.25, 0.3) is 0 Å². The maximum absolute atomic E-state index is 12.8. The first kappa shape index (κ1) is 62.2. The molecule has 0 unspecified atom stereocenters. The van der Waals surface area contributed by atoms with Crippen molar-refractivity contribution in [2.45, 2.75) is 252 Å². The van der Waals surface area contributed by atoms with Gasteiger partial charge in [-0.3, -0.25) is 14.4 Å². The third-order valence-electron chi connectivity index (χ3n) is 12.9. The van der Waals surface area contributed by atoms with Crippen LogP contribution in [-0.4, -0.2) is 106 Å². The molecule has 0 rings (SSSR count). The molecule has 10 heteroatoms. The number of carbonyl (C=O) groups excluding carboxylic acids is 3. The van der Waals surface area contributed by atoms with Gasteiger partial charge in [0, 0.05) is 97.8 Å². The lowest BCUT2D eigenvalue weighted by molar-refractivity contribution is -0.122. The zero-order chi connectivity index (χ0) is 46.7. The van der Waals surface area contributed by atoms with Crippen LogP contribution in [0.2, 0.25) is 0 Å². The number of unbranched alkanes of at least 4 members (excludes halogenated alkanes) is 30. The largest absolute Gasteiger partial charge is 0.356 e. The highest BCUT2D eigenvalue weighted by molar-refractivity contribution is 5.77. The zero-order valence-corrected chi connectivity index (χ0v) is 43.1. The van der Waals surface area contributed by atoms with E-state index >= 15 is 0 Å². The molecule has 0 aromatic rings. The van der Waals surface area contributed by atoms with Gasteiger partial charge in [0.1, 0.15) is 0 Å². The summed E-state index contributed by atoms with van der Waals surface area (Å²) in [7, 11) is 0. The number of carbonyl (C=O) groups is 3. The van der Waals surface area contributed by atoms with E-state index in [9.17, 15) is 14.4 Å². The number of nitrogens with zero attached hydrogens (tertiary/aromatic N) is 2. The first-order valence-corrected chi connectivity index (χ1v) is 28.1.